The van der Waals surface area contributed by atoms with Crippen LogP contribution in [0, 0.1) is 0 Å². The van der Waals surface area contributed by atoms with Crippen molar-refractivity contribution in [1.29, 1.82) is 0 Å². The third-order valence-corrected chi connectivity index (χ3v) is 10.00. The molecule has 3 atom stereocenters. The van der Waals surface area contributed by atoms with Gasteiger partial charge in [-0.25, -0.2) is 24.5 Å². The summed E-state index contributed by atoms with van der Waals surface area (Å²) >= 11 is 0. The molecule has 1 N–H and O–H groups in total. The quantitative estimate of drug-likeness (QED) is 0.0777. The summed E-state index contributed by atoms with van der Waals surface area (Å²) < 4.78 is 44.5. The van der Waals surface area contributed by atoms with E-state index in [1.165, 1.54) is 29.4 Å². The molecule has 0 bridgehead atoms. The fourth-order valence-electron chi connectivity index (χ4n) is 5.65. The van der Waals surface area contributed by atoms with Gasteiger partial charge in [-0.3, -0.25) is 13.9 Å². The second-order valence-corrected chi connectivity index (χ2v) is 13.6. The number of hydrogen-bond acceptors (Lipinski definition) is 12. The van der Waals surface area contributed by atoms with Crippen LogP contribution in [0.3, 0.4) is 0 Å². The summed E-state index contributed by atoms with van der Waals surface area (Å²) in [5.41, 5.74) is -0.417. The maximum Gasteiger partial charge on any atom is 0.339 e. The van der Waals surface area contributed by atoms with E-state index >= 15 is 0 Å². The van der Waals surface area contributed by atoms with Gasteiger partial charge in [-0.15, -0.1) is 0 Å². The summed E-state index contributed by atoms with van der Waals surface area (Å²) in [7, 11) is -3.57. The van der Waals surface area contributed by atoms with Gasteiger partial charge < -0.3 is 28.6 Å². The maximum atomic E-state index is 13.7. The molecule has 268 valence electrons. The second kappa shape index (κ2) is 16.2. The molecule has 1 amide bonds. The summed E-state index contributed by atoms with van der Waals surface area (Å²) in [4.78, 5) is 53.6. The van der Waals surface area contributed by atoms with E-state index in [-0.39, 0.29) is 54.1 Å². The minimum Gasteiger partial charge on any atom is -0.449 e. The van der Waals surface area contributed by atoms with Crippen molar-refractivity contribution in [3.05, 3.63) is 132 Å². The molecular formula is C37H36N5O9P. The Morgan fingerprint density at radius 3 is 2.08 bits per heavy atom. The Hall–Kier alpha value is -5.53. The molecule has 1 aliphatic heterocycles. The van der Waals surface area contributed by atoms with Gasteiger partial charge in [-0.2, -0.15) is 0 Å². The molecule has 5 aromatic rings. The predicted molar refractivity (Wildman–Crippen MR) is 190 cm³/mol. The van der Waals surface area contributed by atoms with Crippen LogP contribution >= 0.6 is 7.60 Å². The number of nitrogens with zero attached hydrogens (tertiary/aromatic N) is 4. The number of carbonyl (C=O) groups excluding carboxylic acids is 3. The average molecular weight is 726 g/mol. The van der Waals surface area contributed by atoms with Crippen LogP contribution in [-0.4, -0.2) is 75.1 Å². The van der Waals surface area contributed by atoms with Gasteiger partial charge in [-0.1, -0.05) is 60.7 Å². The number of nitrogens with one attached hydrogen (secondary N) is 1. The number of carbonyl (C=O) groups is 3. The van der Waals surface area contributed by atoms with Crippen LogP contribution in [0.1, 0.15) is 51.1 Å². The maximum absolute atomic E-state index is 13.7. The lowest BCUT2D eigenvalue weighted by molar-refractivity contribution is -0.0671. The van der Waals surface area contributed by atoms with Crippen molar-refractivity contribution in [1.82, 2.24) is 19.5 Å². The standard InChI is InChI=1S/C37H36N5O9P/c1-3-48-52(46,49-4-2)22-14-21-37(51-36(45)28-19-12-7-13-20-28)23-47-34(30(37)50-35(44)27-17-10-6-11-18-27)42-25-40-29-31(38-24-39-32(29)42)41-33(43)26-15-8-5-9-16-26/h5-21,24-25,30,34H,3-4,22-23H2,1-2H3,(H,38,39,41,43)/b21-14+/t30-,34+,37+/m0/s1. The monoisotopic (exact) mass is 725 g/mol. The van der Waals surface area contributed by atoms with Gasteiger partial charge in [-0.05, 0) is 56.3 Å². The highest BCUT2D eigenvalue weighted by atomic mass is 31.2. The van der Waals surface area contributed by atoms with Crippen molar-refractivity contribution in [2.45, 2.75) is 31.8 Å². The number of imidazole rings is 1. The van der Waals surface area contributed by atoms with Crippen molar-refractivity contribution < 1.29 is 42.2 Å². The summed E-state index contributed by atoms with van der Waals surface area (Å²) in [6, 6.07) is 25.2. The van der Waals surface area contributed by atoms with Crippen LogP contribution in [0.15, 0.2) is 116 Å². The van der Waals surface area contributed by atoms with E-state index in [1.807, 2.05) is 0 Å². The fraction of sp³-hybridized carbons (Fsp3) is 0.243. The summed E-state index contributed by atoms with van der Waals surface area (Å²) in [5, 5.41) is 2.77. The largest absolute Gasteiger partial charge is 0.449 e. The number of rotatable bonds is 14. The number of hydrogen-bond donors (Lipinski definition) is 1. The van der Waals surface area contributed by atoms with Crippen LogP contribution in [0.2, 0.25) is 0 Å². The smallest absolute Gasteiger partial charge is 0.339 e. The van der Waals surface area contributed by atoms with Crippen molar-refractivity contribution in [3.63, 3.8) is 0 Å². The minimum absolute atomic E-state index is 0.137. The molecule has 6 rings (SSSR count). The average Bonchev–Trinajstić information content (AvgIpc) is 3.74. The lowest BCUT2D eigenvalue weighted by Gasteiger charge is -2.32. The Morgan fingerprint density at radius 2 is 1.46 bits per heavy atom. The van der Waals surface area contributed by atoms with Crippen LogP contribution < -0.4 is 5.32 Å². The second-order valence-electron chi connectivity index (χ2n) is 11.5. The van der Waals surface area contributed by atoms with Crippen molar-refractivity contribution in [2.75, 3.05) is 31.3 Å². The zero-order valence-corrected chi connectivity index (χ0v) is 29.3. The number of ether oxygens (including phenoxy) is 3. The summed E-state index contributed by atoms with van der Waals surface area (Å²) in [6.45, 7) is 3.39. The number of allylic oxidation sites excluding steroid dienone is 1. The fourth-order valence-corrected chi connectivity index (χ4v) is 7.09. The van der Waals surface area contributed by atoms with Crippen LogP contribution in [0.25, 0.3) is 11.2 Å². The molecular weight excluding hydrogens is 689 g/mol. The molecule has 1 saturated heterocycles. The van der Waals surface area contributed by atoms with E-state index < -0.39 is 43.4 Å². The zero-order valence-electron chi connectivity index (χ0n) is 28.4. The normalized spacial score (nSPS) is 18.7. The topological polar surface area (TPSA) is 170 Å². The summed E-state index contributed by atoms with van der Waals surface area (Å²) in [6.07, 6.45) is 2.97. The Morgan fingerprint density at radius 1 is 0.865 bits per heavy atom. The van der Waals surface area contributed by atoms with Gasteiger partial charge in [0.15, 0.2) is 34.9 Å². The predicted octanol–water partition coefficient (Wildman–Crippen LogP) is 6.25. The van der Waals surface area contributed by atoms with Crippen LogP contribution in [-0.2, 0) is 27.8 Å². The lowest BCUT2D eigenvalue weighted by Crippen LogP contribution is -2.48. The Labute approximate surface area is 299 Å². The first-order chi connectivity index (χ1) is 25.3. The third kappa shape index (κ3) is 8.00. The SMILES string of the molecule is CCOP(=O)(C/C=C/[C@@]1(OC(=O)c2ccccc2)CO[C@@H](n2cnc3c(NC(=O)c4ccccc4)ncnc32)[C@@H]1OC(=O)c1ccccc1)OCC. The third-order valence-electron chi connectivity index (χ3n) is 8.04. The van der Waals surface area contributed by atoms with Crippen molar-refractivity contribution in [3.8, 4) is 0 Å². The van der Waals surface area contributed by atoms with Gasteiger partial charge in [0.1, 0.15) is 6.33 Å². The molecule has 1 fully saturated rings. The van der Waals surface area contributed by atoms with Gasteiger partial charge in [0.05, 0.1) is 43.4 Å². The van der Waals surface area contributed by atoms with E-state index in [9.17, 15) is 18.9 Å². The Balaban J connectivity index is 1.42. The highest BCUT2D eigenvalue weighted by Crippen LogP contribution is 2.48. The van der Waals surface area contributed by atoms with E-state index in [4.69, 9.17) is 23.3 Å². The van der Waals surface area contributed by atoms with E-state index in [2.05, 4.69) is 20.3 Å². The van der Waals surface area contributed by atoms with E-state index in [0.717, 1.165) is 0 Å². The van der Waals surface area contributed by atoms with Crippen molar-refractivity contribution in [2.24, 2.45) is 0 Å². The minimum atomic E-state index is -3.57. The number of esters is 2. The van der Waals surface area contributed by atoms with Crippen molar-refractivity contribution >= 4 is 42.4 Å². The molecule has 14 nitrogen and oxygen atoms in total. The number of fused-ring (bicyclic) bond motifs is 1. The molecule has 2 aromatic heterocycles. The molecule has 0 saturated carbocycles. The molecule has 52 heavy (non-hydrogen) atoms. The van der Waals surface area contributed by atoms with Gasteiger partial charge in [0.2, 0.25) is 0 Å². The zero-order chi connectivity index (χ0) is 36.6. The molecule has 0 radical (unpaired) electrons. The number of benzene rings is 3. The van der Waals surface area contributed by atoms with E-state index in [0.29, 0.717) is 5.56 Å². The number of anilines is 1. The highest BCUT2D eigenvalue weighted by molar-refractivity contribution is 7.54. The molecule has 0 unspecified atom stereocenters. The molecule has 3 aromatic carbocycles. The molecule has 3 heterocycles. The first-order valence-electron chi connectivity index (χ1n) is 16.5. The number of amides is 1. The lowest BCUT2D eigenvalue weighted by atomic mass is 9.97. The highest BCUT2D eigenvalue weighted by Gasteiger charge is 2.56. The van der Waals surface area contributed by atoms with Gasteiger partial charge in [0, 0.05) is 5.56 Å². The first kappa shape index (κ1) is 36.3. The van der Waals surface area contributed by atoms with E-state index in [1.54, 1.807) is 105 Å². The number of aromatic nitrogens is 4. The van der Waals surface area contributed by atoms with Gasteiger partial charge in [0.25, 0.3) is 5.91 Å². The Kier molecular flexibility index (Phi) is 11.3. The summed E-state index contributed by atoms with van der Waals surface area (Å²) in [5.74, 6) is -1.72. The molecule has 0 aliphatic carbocycles. The molecule has 1 aliphatic rings. The molecule has 15 heteroatoms. The van der Waals surface area contributed by atoms with Gasteiger partial charge >= 0.3 is 19.5 Å². The molecule has 0 spiro atoms. The van der Waals surface area contributed by atoms with Crippen LogP contribution in [0.5, 0.6) is 0 Å². The first-order valence-corrected chi connectivity index (χ1v) is 18.2. The van der Waals surface area contributed by atoms with Crippen LogP contribution in [0.4, 0.5) is 5.82 Å². The Bertz CT molecular complexity index is 2090.